The summed E-state index contributed by atoms with van der Waals surface area (Å²) in [4.78, 5) is 28.6. The molecule has 5 heteroatoms. The monoisotopic (exact) mass is 324 g/mol. The van der Waals surface area contributed by atoms with Crippen LogP contribution in [0.15, 0.2) is 48.5 Å². The van der Waals surface area contributed by atoms with Crippen LogP contribution in [0.1, 0.15) is 18.4 Å². The summed E-state index contributed by atoms with van der Waals surface area (Å²) in [6.07, 6.45) is 2.09. The molecule has 0 spiro atoms. The third kappa shape index (κ3) is 2.66. The van der Waals surface area contributed by atoms with Gasteiger partial charge < -0.3 is 9.80 Å². The normalized spacial score (nSPS) is 17.0. The number of nitrogens with zero attached hydrogens (tertiary/aromatic N) is 2. The summed E-state index contributed by atoms with van der Waals surface area (Å²) in [5.74, 6) is -0.615. The molecule has 4 nitrogen and oxygen atoms in total. The SMILES string of the molecule is O=C(Cc1cccc(F)c1)N1CC(=O)N(C2CC2)c2ccccc21. The highest BCUT2D eigenvalue weighted by atomic mass is 19.1. The van der Waals surface area contributed by atoms with Crippen molar-refractivity contribution in [2.75, 3.05) is 16.3 Å². The van der Waals surface area contributed by atoms with Crippen molar-refractivity contribution < 1.29 is 14.0 Å². The number of hydrogen-bond donors (Lipinski definition) is 0. The molecule has 2 aliphatic rings. The van der Waals surface area contributed by atoms with Gasteiger partial charge in [-0.25, -0.2) is 4.39 Å². The van der Waals surface area contributed by atoms with Crippen molar-refractivity contribution in [2.24, 2.45) is 0 Å². The van der Waals surface area contributed by atoms with Gasteiger partial charge >= 0.3 is 0 Å². The molecule has 1 aliphatic heterocycles. The van der Waals surface area contributed by atoms with Crippen LogP contribution in [0, 0.1) is 5.82 Å². The Morgan fingerprint density at radius 2 is 1.83 bits per heavy atom. The molecular formula is C19H17FN2O2. The van der Waals surface area contributed by atoms with E-state index in [1.165, 1.54) is 17.0 Å². The van der Waals surface area contributed by atoms with Crippen LogP contribution in [0.4, 0.5) is 15.8 Å². The van der Waals surface area contributed by atoms with E-state index in [4.69, 9.17) is 0 Å². The lowest BCUT2D eigenvalue weighted by molar-refractivity contribution is -0.122. The van der Waals surface area contributed by atoms with Crippen LogP contribution in [0.2, 0.25) is 0 Å². The highest BCUT2D eigenvalue weighted by Crippen LogP contribution is 2.40. The van der Waals surface area contributed by atoms with E-state index < -0.39 is 0 Å². The second-order valence-electron chi connectivity index (χ2n) is 6.27. The zero-order valence-electron chi connectivity index (χ0n) is 13.1. The minimum atomic E-state index is -0.365. The first-order valence-corrected chi connectivity index (χ1v) is 8.09. The van der Waals surface area contributed by atoms with Gasteiger partial charge in [-0.1, -0.05) is 24.3 Å². The van der Waals surface area contributed by atoms with Crippen molar-refractivity contribution >= 4 is 23.2 Å². The Hall–Kier alpha value is -2.69. The molecule has 122 valence electrons. The maximum atomic E-state index is 13.3. The molecule has 2 aromatic carbocycles. The molecule has 0 radical (unpaired) electrons. The number of benzene rings is 2. The van der Waals surface area contributed by atoms with E-state index in [1.807, 2.05) is 29.2 Å². The Labute approximate surface area is 139 Å². The standard InChI is InChI=1S/C19H17FN2O2/c20-14-5-3-4-13(10-14)11-18(23)21-12-19(24)22(15-8-9-15)17-7-2-1-6-16(17)21/h1-7,10,15H,8-9,11-12H2. The largest absolute Gasteiger partial charge is 0.306 e. The summed E-state index contributed by atoms with van der Waals surface area (Å²) >= 11 is 0. The quantitative estimate of drug-likeness (QED) is 0.871. The molecule has 1 saturated carbocycles. The second-order valence-corrected chi connectivity index (χ2v) is 6.27. The van der Waals surface area contributed by atoms with Crippen molar-refractivity contribution in [1.82, 2.24) is 0 Å². The molecule has 2 amide bonds. The first-order valence-electron chi connectivity index (χ1n) is 8.09. The molecule has 1 fully saturated rings. The molecule has 0 saturated heterocycles. The lowest BCUT2D eigenvalue weighted by Crippen LogP contribution is -2.49. The number of para-hydroxylation sites is 2. The van der Waals surface area contributed by atoms with Gasteiger partial charge in [0.2, 0.25) is 11.8 Å². The minimum absolute atomic E-state index is 0.0433. The summed E-state index contributed by atoms with van der Waals surface area (Å²) in [7, 11) is 0. The van der Waals surface area contributed by atoms with Crippen LogP contribution in [-0.2, 0) is 16.0 Å². The molecule has 0 N–H and O–H groups in total. The Kier molecular flexibility index (Phi) is 3.56. The maximum Gasteiger partial charge on any atom is 0.247 e. The molecule has 2 aromatic rings. The maximum absolute atomic E-state index is 13.3. The molecule has 0 atom stereocenters. The Morgan fingerprint density at radius 3 is 2.54 bits per heavy atom. The van der Waals surface area contributed by atoms with E-state index in [0.717, 1.165) is 24.2 Å². The third-order valence-corrected chi connectivity index (χ3v) is 4.45. The van der Waals surface area contributed by atoms with Gasteiger partial charge in [0.15, 0.2) is 0 Å². The number of anilines is 2. The molecule has 4 rings (SSSR count). The second kappa shape index (κ2) is 5.74. The van der Waals surface area contributed by atoms with E-state index in [2.05, 4.69) is 0 Å². The fourth-order valence-electron chi connectivity index (χ4n) is 3.20. The number of amides is 2. The van der Waals surface area contributed by atoms with Gasteiger partial charge in [0.1, 0.15) is 12.4 Å². The summed E-state index contributed by atoms with van der Waals surface area (Å²) < 4.78 is 13.3. The van der Waals surface area contributed by atoms with Crippen LogP contribution in [0.3, 0.4) is 0 Å². The molecule has 1 heterocycles. The van der Waals surface area contributed by atoms with E-state index >= 15 is 0 Å². The molecule has 0 aromatic heterocycles. The average molecular weight is 324 g/mol. The van der Waals surface area contributed by atoms with E-state index in [9.17, 15) is 14.0 Å². The van der Waals surface area contributed by atoms with Crippen LogP contribution in [0.5, 0.6) is 0 Å². The Bertz CT molecular complexity index is 817. The van der Waals surface area contributed by atoms with Crippen molar-refractivity contribution in [1.29, 1.82) is 0 Å². The lowest BCUT2D eigenvalue weighted by atomic mass is 10.1. The van der Waals surface area contributed by atoms with Gasteiger partial charge in [-0.2, -0.15) is 0 Å². The average Bonchev–Trinajstić information content (AvgIpc) is 3.38. The van der Waals surface area contributed by atoms with Crippen LogP contribution < -0.4 is 9.80 Å². The van der Waals surface area contributed by atoms with E-state index in [-0.39, 0.29) is 36.6 Å². The number of fused-ring (bicyclic) bond motifs is 1. The van der Waals surface area contributed by atoms with Gasteiger partial charge in [-0.3, -0.25) is 9.59 Å². The zero-order valence-corrected chi connectivity index (χ0v) is 13.1. The Balaban J connectivity index is 1.64. The minimum Gasteiger partial charge on any atom is -0.306 e. The van der Waals surface area contributed by atoms with E-state index in [0.29, 0.717) is 5.56 Å². The van der Waals surface area contributed by atoms with Crippen molar-refractivity contribution in [3.05, 3.63) is 59.9 Å². The summed E-state index contributed by atoms with van der Waals surface area (Å²) in [5.41, 5.74) is 2.16. The third-order valence-electron chi connectivity index (χ3n) is 4.45. The number of rotatable bonds is 3. The number of halogens is 1. The zero-order chi connectivity index (χ0) is 16.7. The topological polar surface area (TPSA) is 40.6 Å². The molecule has 1 aliphatic carbocycles. The summed E-state index contributed by atoms with van der Waals surface area (Å²) in [5, 5.41) is 0. The highest BCUT2D eigenvalue weighted by molar-refractivity contribution is 6.11. The fourth-order valence-corrected chi connectivity index (χ4v) is 3.20. The van der Waals surface area contributed by atoms with Crippen molar-refractivity contribution in [2.45, 2.75) is 25.3 Å². The molecular weight excluding hydrogens is 307 g/mol. The first-order chi connectivity index (χ1) is 11.6. The summed E-state index contributed by atoms with van der Waals surface area (Å²) in [6, 6.07) is 13.8. The molecule has 24 heavy (non-hydrogen) atoms. The summed E-state index contributed by atoms with van der Waals surface area (Å²) in [6.45, 7) is 0.0433. The van der Waals surface area contributed by atoms with Gasteiger partial charge in [0.25, 0.3) is 0 Å². The predicted molar refractivity (Wildman–Crippen MR) is 89.4 cm³/mol. The van der Waals surface area contributed by atoms with Crippen LogP contribution in [-0.4, -0.2) is 24.4 Å². The smallest absolute Gasteiger partial charge is 0.247 e. The highest BCUT2D eigenvalue weighted by Gasteiger charge is 2.40. The van der Waals surface area contributed by atoms with Gasteiger partial charge in [-0.15, -0.1) is 0 Å². The number of carbonyl (C=O) groups is 2. The molecule has 0 unspecified atom stereocenters. The van der Waals surface area contributed by atoms with Crippen molar-refractivity contribution in [3.63, 3.8) is 0 Å². The fraction of sp³-hybridized carbons (Fsp3) is 0.263. The van der Waals surface area contributed by atoms with E-state index in [1.54, 1.807) is 12.1 Å². The van der Waals surface area contributed by atoms with Gasteiger partial charge in [-0.05, 0) is 42.7 Å². The Morgan fingerprint density at radius 1 is 1.08 bits per heavy atom. The van der Waals surface area contributed by atoms with Crippen LogP contribution in [0.25, 0.3) is 0 Å². The number of carbonyl (C=O) groups excluding carboxylic acids is 2. The lowest BCUT2D eigenvalue weighted by Gasteiger charge is -2.36. The number of hydrogen-bond acceptors (Lipinski definition) is 2. The first kappa shape index (κ1) is 14.9. The van der Waals surface area contributed by atoms with Crippen LogP contribution >= 0.6 is 0 Å². The predicted octanol–water partition coefficient (Wildman–Crippen LogP) is 2.91. The van der Waals surface area contributed by atoms with Crippen molar-refractivity contribution in [3.8, 4) is 0 Å². The van der Waals surface area contributed by atoms with Gasteiger partial charge in [0, 0.05) is 6.04 Å². The van der Waals surface area contributed by atoms with Gasteiger partial charge in [0.05, 0.1) is 17.8 Å². The molecule has 0 bridgehead atoms.